The normalized spacial score (nSPS) is 53.2. The predicted octanol–water partition coefficient (Wildman–Crippen LogP) is 1.42. The highest BCUT2D eigenvalue weighted by Crippen LogP contribution is 2.76. The van der Waals surface area contributed by atoms with Gasteiger partial charge in [-0.25, -0.2) is 0 Å². The van der Waals surface area contributed by atoms with E-state index in [0.29, 0.717) is 0 Å². The molecule has 0 aromatic rings. The van der Waals surface area contributed by atoms with Gasteiger partial charge in [0.2, 0.25) is 5.79 Å². The van der Waals surface area contributed by atoms with Gasteiger partial charge >= 0.3 is 0 Å². The van der Waals surface area contributed by atoms with Crippen molar-refractivity contribution in [1.82, 2.24) is 0 Å². The van der Waals surface area contributed by atoms with E-state index in [1.54, 1.807) is 0 Å². The van der Waals surface area contributed by atoms with Gasteiger partial charge in [-0.2, -0.15) is 0 Å². The highest BCUT2D eigenvalue weighted by molar-refractivity contribution is 5.26. The van der Waals surface area contributed by atoms with Gasteiger partial charge in [-0.15, -0.1) is 0 Å². The van der Waals surface area contributed by atoms with Crippen molar-refractivity contribution in [2.75, 3.05) is 6.61 Å². The lowest BCUT2D eigenvalue weighted by molar-refractivity contribution is -0.178. The molecular formula is C9H14O3. The topological polar surface area (TPSA) is 34.3 Å². The fourth-order valence-corrected chi connectivity index (χ4v) is 2.17. The second kappa shape index (κ2) is 2.03. The van der Waals surface area contributed by atoms with Gasteiger partial charge in [0.1, 0.15) is 6.10 Å². The second-order valence-electron chi connectivity index (χ2n) is 3.88. The minimum absolute atomic E-state index is 0.149. The van der Waals surface area contributed by atoms with Crippen LogP contribution in [0, 0.1) is 0 Å². The predicted molar refractivity (Wildman–Crippen MR) is 41.5 cm³/mol. The van der Waals surface area contributed by atoms with E-state index in [9.17, 15) is 0 Å². The Labute approximate surface area is 72.0 Å². The van der Waals surface area contributed by atoms with Gasteiger partial charge in [0, 0.05) is 13.0 Å². The molecule has 68 valence electrons. The fraction of sp³-hybridized carbons (Fsp3) is 1.00. The number of ether oxygens (including phenoxy) is 3. The van der Waals surface area contributed by atoms with Crippen LogP contribution in [-0.4, -0.2) is 24.3 Å². The zero-order valence-corrected chi connectivity index (χ0v) is 7.34. The first kappa shape index (κ1) is 7.30. The molecule has 3 heteroatoms. The van der Waals surface area contributed by atoms with E-state index in [4.69, 9.17) is 14.2 Å². The molecule has 1 unspecified atom stereocenters. The average Bonchev–Trinajstić information content (AvgIpc) is 2.79. The van der Waals surface area contributed by atoms with E-state index in [2.05, 4.69) is 6.92 Å². The monoisotopic (exact) mass is 170 g/mol. The quantitative estimate of drug-likeness (QED) is 0.472. The van der Waals surface area contributed by atoms with E-state index >= 15 is 0 Å². The largest absolute Gasteiger partial charge is 0.372 e. The lowest BCUT2D eigenvalue weighted by Crippen LogP contribution is -2.26. The van der Waals surface area contributed by atoms with Crippen molar-refractivity contribution in [3.05, 3.63) is 0 Å². The van der Waals surface area contributed by atoms with Crippen LogP contribution < -0.4 is 0 Å². The molecule has 1 atom stereocenters. The molecule has 2 saturated heterocycles. The van der Waals surface area contributed by atoms with Crippen LogP contribution in [0.3, 0.4) is 0 Å². The Morgan fingerprint density at radius 1 is 1.50 bits per heavy atom. The summed E-state index contributed by atoms with van der Waals surface area (Å²) < 4.78 is 16.5. The third-order valence-electron chi connectivity index (χ3n) is 3.06. The molecule has 0 bridgehead atoms. The molecule has 0 aromatic heterocycles. The lowest BCUT2D eigenvalue weighted by Gasteiger charge is -2.18. The summed E-state index contributed by atoms with van der Waals surface area (Å²) in [6.45, 7) is 3.02. The second-order valence-corrected chi connectivity index (χ2v) is 3.88. The molecule has 3 aliphatic rings. The summed E-state index contributed by atoms with van der Waals surface area (Å²) in [4.78, 5) is 0. The molecule has 0 amide bonds. The van der Waals surface area contributed by atoms with Crippen LogP contribution in [0.5, 0.6) is 0 Å². The number of hydrogen-bond acceptors (Lipinski definition) is 3. The number of epoxide rings is 2. The zero-order chi connectivity index (χ0) is 8.23. The average molecular weight is 170 g/mol. The summed E-state index contributed by atoms with van der Waals surface area (Å²) >= 11 is 0. The van der Waals surface area contributed by atoms with E-state index in [1.807, 2.05) is 0 Å². The maximum atomic E-state index is 5.69. The van der Waals surface area contributed by atoms with E-state index in [0.717, 1.165) is 25.9 Å². The van der Waals surface area contributed by atoms with Crippen molar-refractivity contribution in [3.8, 4) is 0 Å². The molecule has 2 heterocycles. The van der Waals surface area contributed by atoms with Crippen LogP contribution >= 0.6 is 0 Å². The van der Waals surface area contributed by atoms with Crippen LogP contribution in [0.2, 0.25) is 0 Å². The summed E-state index contributed by atoms with van der Waals surface area (Å²) in [7, 11) is 0. The molecule has 0 N–H and O–H groups in total. The van der Waals surface area contributed by atoms with Crippen LogP contribution in [0.15, 0.2) is 0 Å². The van der Waals surface area contributed by atoms with Crippen molar-refractivity contribution in [2.45, 2.75) is 50.3 Å². The number of hydrogen-bond donors (Lipinski definition) is 0. The molecule has 3 rings (SSSR count). The van der Waals surface area contributed by atoms with Crippen LogP contribution in [0.1, 0.15) is 32.6 Å². The van der Waals surface area contributed by atoms with E-state index in [-0.39, 0.29) is 17.7 Å². The summed E-state index contributed by atoms with van der Waals surface area (Å²) in [5, 5.41) is 0. The SMILES string of the molecule is CCCCOC1CCC23OC12O3. The van der Waals surface area contributed by atoms with E-state index < -0.39 is 0 Å². The highest BCUT2D eigenvalue weighted by Gasteiger charge is 2.96. The molecule has 0 radical (unpaired) electrons. The van der Waals surface area contributed by atoms with Gasteiger partial charge in [-0.05, 0) is 12.8 Å². The molecule has 0 aromatic carbocycles. The Morgan fingerprint density at radius 3 is 2.83 bits per heavy atom. The minimum Gasteiger partial charge on any atom is -0.372 e. The third kappa shape index (κ3) is 0.679. The Morgan fingerprint density at radius 2 is 2.33 bits per heavy atom. The highest BCUT2D eigenvalue weighted by atomic mass is 17.1. The van der Waals surface area contributed by atoms with Gasteiger partial charge in [0.15, 0.2) is 0 Å². The van der Waals surface area contributed by atoms with Gasteiger partial charge in [-0.1, -0.05) is 13.3 Å². The fourth-order valence-electron chi connectivity index (χ4n) is 2.17. The first-order valence-electron chi connectivity index (χ1n) is 4.85. The first-order valence-corrected chi connectivity index (χ1v) is 4.85. The number of rotatable bonds is 4. The van der Waals surface area contributed by atoms with Crippen molar-refractivity contribution in [2.24, 2.45) is 0 Å². The molecule has 12 heavy (non-hydrogen) atoms. The lowest BCUT2D eigenvalue weighted by atomic mass is 10.2. The molecule has 1 aliphatic carbocycles. The summed E-state index contributed by atoms with van der Waals surface area (Å²) in [6, 6.07) is 0. The van der Waals surface area contributed by atoms with Crippen LogP contribution in [-0.2, 0) is 14.2 Å². The molecule has 3 nitrogen and oxygen atoms in total. The molecule has 2 aliphatic heterocycles. The molecular weight excluding hydrogens is 156 g/mol. The first-order chi connectivity index (χ1) is 5.83. The van der Waals surface area contributed by atoms with Gasteiger partial charge in [-0.3, -0.25) is 0 Å². The maximum Gasteiger partial charge on any atom is 0.256 e. The van der Waals surface area contributed by atoms with Crippen molar-refractivity contribution in [1.29, 1.82) is 0 Å². The van der Waals surface area contributed by atoms with Crippen LogP contribution in [0.4, 0.5) is 0 Å². The Kier molecular flexibility index (Phi) is 1.23. The van der Waals surface area contributed by atoms with Gasteiger partial charge in [0.25, 0.3) is 5.79 Å². The zero-order valence-electron chi connectivity index (χ0n) is 7.34. The van der Waals surface area contributed by atoms with Crippen LogP contribution in [0.25, 0.3) is 0 Å². The van der Waals surface area contributed by atoms with Crippen molar-refractivity contribution >= 4 is 0 Å². The van der Waals surface area contributed by atoms with Crippen molar-refractivity contribution < 1.29 is 14.2 Å². The third-order valence-corrected chi connectivity index (χ3v) is 3.06. The van der Waals surface area contributed by atoms with Gasteiger partial charge < -0.3 is 14.2 Å². The van der Waals surface area contributed by atoms with E-state index in [1.165, 1.54) is 6.42 Å². The van der Waals surface area contributed by atoms with Gasteiger partial charge in [0.05, 0.1) is 0 Å². The Balaban J connectivity index is 1.52. The molecule has 1 saturated carbocycles. The van der Waals surface area contributed by atoms with Crippen molar-refractivity contribution in [3.63, 3.8) is 0 Å². The molecule has 3 fully saturated rings. The Bertz CT molecular complexity index is 208. The Hall–Kier alpha value is -0.120. The number of unbranched alkanes of at least 4 members (excludes halogenated alkanes) is 1. The maximum absolute atomic E-state index is 5.69. The summed E-state index contributed by atoms with van der Waals surface area (Å²) in [5.74, 6) is -0.398. The molecule has 0 spiro atoms. The summed E-state index contributed by atoms with van der Waals surface area (Å²) in [5.41, 5.74) is 0. The minimum atomic E-state index is -0.249. The summed E-state index contributed by atoms with van der Waals surface area (Å²) in [6.07, 6.45) is 4.70. The smallest absolute Gasteiger partial charge is 0.256 e. The standard InChI is InChI=1S/C9H14O3/c1-2-3-6-10-7-4-5-8-9(7,11-8)12-8/h7H,2-6H2,1H3.